The van der Waals surface area contributed by atoms with Crippen molar-refractivity contribution in [2.45, 2.75) is 121 Å². The Balaban J connectivity index is 0.000000142. The van der Waals surface area contributed by atoms with E-state index in [2.05, 4.69) is 442 Å². The molecule has 3 heteroatoms. The van der Waals surface area contributed by atoms with E-state index in [1.54, 1.807) is 0 Å². The zero-order valence-electron chi connectivity index (χ0n) is 68.2. The van der Waals surface area contributed by atoms with Crippen molar-refractivity contribution in [2.75, 3.05) is 19.8 Å². The number of hydrogen-bond donors (Lipinski definition) is 0. The van der Waals surface area contributed by atoms with Crippen LogP contribution in [0.2, 0.25) is 0 Å². The SMILES string of the molecule is CCCC(c1ccccc1)(c1ccccc1)c1ccccc1.CCCCC(c1ccccc1)(c1ccccc1)c1ccccc1.CCCOC(c1ccccc1)(c1ccccc1)c1ccc(C)cc1.CCCOC(c1ccccc1)(c1ccccc1)c1ccccc1.CCCOC(c1ccccc1)(c1ccccc1)c1ccccc1. The van der Waals surface area contributed by atoms with Gasteiger partial charge in [0.25, 0.3) is 0 Å². The topological polar surface area (TPSA) is 27.7 Å². The Morgan fingerprint density at radius 3 is 0.478 bits per heavy atom. The Bertz CT molecular complexity index is 4330. The highest BCUT2D eigenvalue weighted by molar-refractivity contribution is 5.55. The summed E-state index contributed by atoms with van der Waals surface area (Å²) in [5.74, 6) is 0. The van der Waals surface area contributed by atoms with Crippen LogP contribution in [-0.4, -0.2) is 19.8 Å². The van der Waals surface area contributed by atoms with E-state index >= 15 is 0 Å². The van der Waals surface area contributed by atoms with Gasteiger partial charge in [-0.1, -0.05) is 508 Å². The smallest absolute Gasteiger partial charge is 0.143 e. The van der Waals surface area contributed by atoms with Gasteiger partial charge in [-0.3, -0.25) is 0 Å². The number of unbranched alkanes of at least 4 members (excludes halogenated alkanes) is 1. The number of benzene rings is 15. The van der Waals surface area contributed by atoms with E-state index in [-0.39, 0.29) is 10.8 Å². The number of rotatable bonds is 29. The van der Waals surface area contributed by atoms with Gasteiger partial charge >= 0.3 is 0 Å². The summed E-state index contributed by atoms with van der Waals surface area (Å²) in [4.78, 5) is 0. The Labute approximate surface area is 688 Å². The van der Waals surface area contributed by atoms with E-state index in [0.717, 1.165) is 83.0 Å². The molecule has 0 saturated carbocycles. The fraction of sp³-hybridized carbons (Fsp3) is 0.196. The quantitative estimate of drug-likeness (QED) is 0.0437. The average molecular weight is 1510 g/mol. The predicted molar refractivity (Wildman–Crippen MR) is 484 cm³/mol. The van der Waals surface area contributed by atoms with Crippen LogP contribution < -0.4 is 0 Å². The van der Waals surface area contributed by atoms with Gasteiger partial charge in [-0.15, -0.1) is 0 Å². The fourth-order valence-corrected chi connectivity index (χ4v) is 16.2. The van der Waals surface area contributed by atoms with Gasteiger partial charge in [-0.2, -0.15) is 0 Å². The third kappa shape index (κ3) is 20.4. The van der Waals surface area contributed by atoms with Crippen LogP contribution in [0.15, 0.2) is 449 Å². The van der Waals surface area contributed by atoms with Gasteiger partial charge in [0, 0.05) is 30.7 Å². The van der Waals surface area contributed by atoms with Crippen LogP contribution in [0.5, 0.6) is 0 Å². The van der Waals surface area contributed by atoms with Crippen molar-refractivity contribution in [2.24, 2.45) is 0 Å². The minimum Gasteiger partial charge on any atom is -0.361 e. The first-order chi connectivity index (χ1) is 56.8. The lowest BCUT2D eigenvalue weighted by Crippen LogP contribution is -2.33. The van der Waals surface area contributed by atoms with Crippen LogP contribution in [-0.2, 0) is 41.8 Å². The van der Waals surface area contributed by atoms with Crippen molar-refractivity contribution in [1.82, 2.24) is 0 Å². The van der Waals surface area contributed by atoms with Crippen molar-refractivity contribution in [3.8, 4) is 0 Å². The predicted octanol–water partition coefficient (Wildman–Crippen LogP) is 28.6. The summed E-state index contributed by atoms with van der Waals surface area (Å²) < 4.78 is 19.7. The minimum atomic E-state index is -0.577. The van der Waals surface area contributed by atoms with Crippen LogP contribution in [0.3, 0.4) is 0 Å². The Morgan fingerprint density at radius 1 is 0.165 bits per heavy atom. The van der Waals surface area contributed by atoms with Crippen LogP contribution in [0.1, 0.15) is 175 Å². The van der Waals surface area contributed by atoms with E-state index in [1.165, 1.54) is 57.3 Å². The van der Waals surface area contributed by atoms with Gasteiger partial charge < -0.3 is 14.2 Å². The monoisotopic (exact) mass is 1510 g/mol. The Hall–Kier alpha value is -11.8. The lowest BCUT2D eigenvalue weighted by Gasteiger charge is -2.36. The summed E-state index contributed by atoms with van der Waals surface area (Å²) in [6.07, 6.45) is 8.72. The highest BCUT2D eigenvalue weighted by atomic mass is 16.5. The molecule has 580 valence electrons. The largest absolute Gasteiger partial charge is 0.361 e. The second-order valence-electron chi connectivity index (χ2n) is 29.2. The maximum Gasteiger partial charge on any atom is 0.143 e. The molecule has 0 saturated heterocycles. The number of hydrogen-bond acceptors (Lipinski definition) is 3. The molecule has 0 amide bonds. The van der Waals surface area contributed by atoms with Gasteiger partial charge in [0.1, 0.15) is 16.8 Å². The highest BCUT2D eigenvalue weighted by Gasteiger charge is 2.41. The maximum absolute atomic E-state index is 6.58. The summed E-state index contributed by atoms with van der Waals surface area (Å²) >= 11 is 0. The molecule has 0 fully saturated rings. The summed E-state index contributed by atoms with van der Waals surface area (Å²) in [7, 11) is 0. The fourth-order valence-electron chi connectivity index (χ4n) is 16.2. The molecule has 0 N–H and O–H groups in total. The molecule has 0 aromatic heterocycles. The summed E-state index contributed by atoms with van der Waals surface area (Å²) in [5.41, 5.74) is 18.1. The van der Waals surface area contributed by atoms with Gasteiger partial charge in [0.2, 0.25) is 0 Å². The Morgan fingerprint density at radius 2 is 0.322 bits per heavy atom. The molecule has 15 rings (SSSR count). The van der Waals surface area contributed by atoms with E-state index in [0.29, 0.717) is 19.8 Å². The van der Waals surface area contributed by atoms with E-state index in [1.807, 2.05) is 48.5 Å². The molecule has 0 unspecified atom stereocenters. The van der Waals surface area contributed by atoms with Crippen LogP contribution in [0.25, 0.3) is 0 Å². The molecule has 0 atom stereocenters. The normalized spacial score (nSPS) is 11.4. The molecule has 0 spiro atoms. The van der Waals surface area contributed by atoms with Crippen LogP contribution >= 0.6 is 0 Å². The second kappa shape index (κ2) is 44.0. The summed E-state index contributed by atoms with van der Waals surface area (Å²) in [6, 6.07) is 158. The zero-order chi connectivity index (χ0) is 80.0. The molecule has 0 aliphatic rings. The van der Waals surface area contributed by atoms with Crippen molar-refractivity contribution >= 4 is 0 Å². The molecule has 0 heterocycles. The van der Waals surface area contributed by atoms with Crippen LogP contribution in [0, 0.1) is 6.92 Å². The van der Waals surface area contributed by atoms with Gasteiger partial charge in [-0.25, -0.2) is 0 Å². The second-order valence-corrected chi connectivity index (χ2v) is 29.2. The Kier molecular flexibility index (Phi) is 32.2. The highest BCUT2D eigenvalue weighted by Crippen LogP contribution is 2.47. The maximum atomic E-state index is 6.58. The minimum absolute atomic E-state index is 0.0697. The molecular weight excluding hydrogens is 1390 g/mol. The molecule has 15 aromatic rings. The number of ether oxygens (including phenoxy) is 3. The molecule has 0 radical (unpaired) electrons. The first-order valence-electron chi connectivity index (χ1n) is 41.5. The van der Waals surface area contributed by atoms with Crippen molar-refractivity contribution in [1.29, 1.82) is 0 Å². The molecule has 115 heavy (non-hydrogen) atoms. The molecule has 15 aromatic carbocycles. The molecule has 0 aliphatic carbocycles. The molecule has 0 aliphatic heterocycles. The molecular formula is C112H114O3. The standard InChI is InChI=1S/C23H24O.C23H24.2C22H22O.C22H22/c1-3-18-24-23(20-10-6-4-7-11-20,21-12-8-5-9-13-21)22-16-14-19(2)15-17-22;1-2-3-19-23(20-13-7-4-8-14-20,21-15-9-5-10-16-21)22-17-11-6-12-18-22;2*1-2-18-23-22(19-12-6-3-7-13-19,20-14-8-4-9-15-20)21-16-10-5-11-17-21;1-2-18-22(19-12-6-3-7-13-19,20-14-8-4-9-15-20)21-16-10-5-11-17-21/h4-17H,3,18H2,1-2H3;4-18H,2-3,19H2,1H3;2*3-17H,2,18H2,1H3;3-17H,2,18H2,1H3. The first kappa shape index (κ1) is 84.1. The molecule has 0 bridgehead atoms. The van der Waals surface area contributed by atoms with E-state index in [4.69, 9.17) is 14.2 Å². The molecule has 3 nitrogen and oxygen atoms in total. The third-order valence-electron chi connectivity index (χ3n) is 21.6. The van der Waals surface area contributed by atoms with Gasteiger partial charge in [0.05, 0.1) is 0 Å². The van der Waals surface area contributed by atoms with Crippen LogP contribution in [0.4, 0.5) is 0 Å². The van der Waals surface area contributed by atoms with Crippen molar-refractivity contribution in [3.63, 3.8) is 0 Å². The lowest BCUT2D eigenvalue weighted by atomic mass is 9.66. The van der Waals surface area contributed by atoms with Crippen molar-refractivity contribution in [3.05, 3.63) is 538 Å². The van der Waals surface area contributed by atoms with E-state index < -0.39 is 16.8 Å². The zero-order valence-corrected chi connectivity index (χ0v) is 68.2. The van der Waals surface area contributed by atoms with Crippen molar-refractivity contribution < 1.29 is 14.2 Å². The average Bonchev–Trinajstić information content (AvgIpc) is 0.804. The van der Waals surface area contributed by atoms with Gasteiger partial charge in [0.15, 0.2) is 0 Å². The summed E-state index contributed by atoms with van der Waals surface area (Å²) in [6.45, 7) is 15.2. The third-order valence-corrected chi connectivity index (χ3v) is 21.6. The lowest BCUT2D eigenvalue weighted by molar-refractivity contribution is 0.0132. The van der Waals surface area contributed by atoms with Gasteiger partial charge in [-0.05, 0) is 122 Å². The van der Waals surface area contributed by atoms with E-state index in [9.17, 15) is 0 Å². The summed E-state index contributed by atoms with van der Waals surface area (Å²) in [5, 5.41) is 0. The number of aryl methyl sites for hydroxylation is 1. The first-order valence-corrected chi connectivity index (χ1v) is 41.5.